The molecule has 3 saturated carbocycles. The number of carbonyl (C=O) groups is 1. The predicted molar refractivity (Wildman–Crippen MR) is 136 cm³/mol. The first-order valence-electron chi connectivity index (χ1n) is 14.4. The Morgan fingerprint density at radius 1 is 1.03 bits per heavy atom. The molecule has 0 aromatic rings. The zero-order valence-electron chi connectivity index (χ0n) is 23.4. The van der Waals surface area contributed by atoms with Crippen LogP contribution in [0.15, 0.2) is 12.2 Å². The molecular weight excluding hydrogens is 436 g/mol. The molecule has 4 heteroatoms. The summed E-state index contributed by atoms with van der Waals surface area (Å²) in [6.45, 7) is 19.1. The van der Waals surface area contributed by atoms with Crippen LogP contribution < -0.4 is 0 Å². The highest BCUT2D eigenvalue weighted by Gasteiger charge is 2.84. The Bertz CT molecular complexity index is 980. The maximum atomic E-state index is 13.7. The summed E-state index contributed by atoms with van der Waals surface area (Å²) >= 11 is 0. The summed E-state index contributed by atoms with van der Waals surface area (Å²) < 4.78 is 13.7. The van der Waals surface area contributed by atoms with Crippen LogP contribution in [0, 0.1) is 50.7 Å². The lowest BCUT2D eigenvalue weighted by Gasteiger charge is -2.71. The van der Waals surface area contributed by atoms with Crippen LogP contribution >= 0.6 is 0 Å². The number of carbonyl (C=O) groups excluding carboxylic acids is 1. The van der Waals surface area contributed by atoms with E-state index in [2.05, 4.69) is 61.5 Å². The lowest BCUT2D eigenvalue weighted by molar-refractivity contribution is -0.363. The van der Waals surface area contributed by atoms with Crippen molar-refractivity contribution < 1.29 is 19.4 Å². The lowest BCUT2D eigenvalue weighted by atomic mass is 9.33. The number of fused-ring (bicyclic) bond motifs is 4. The first kappa shape index (κ1) is 24.6. The van der Waals surface area contributed by atoms with Crippen LogP contribution in [0.25, 0.3) is 0 Å². The van der Waals surface area contributed by atoms with Gasteiger partial charge in [0.25, 0.3) is 0 Å². The van der Waals surface area contributed by atoms with E-state index >= 15 is 0 Å². The van der Waals surface area contributed by atoms with Gasteiger partial charge in [0.15, 0.2) is 11.6 Å². The Labute approximate surface area is 212 Å². The average molecular weight is 485 g/mol. The van der Waals surface area contributed by atoms with Crippen LogP contribution in [-0.2, 0) is 14.3 Å². The zero-order valence-corrected chi connectivity index (χ0v) is 23.4. The number of rotatable bonds is 2. The Kier molecular flexibility index (Phi) is 4.80. The van der Waals surface area contributed by atoms with Crippen LogP contribution in [-0.4, -0.2) is 35.0 Å². The van der Waals surface area contributed by atoms with Crippen LogP contribution in [0.2, 0.25) is 0 Å². The standard InChI is InChI=1S/C31H48O4/c1-19(2)15-20-16-28(7,33)24-27(6)14-10-22-26(5,30(27)17-31(24,35-20)34-18-30)13-9-21-25(3,4)12-11-23(32)29(21,22)8/h11-12,19-22,24,33H,9-10,13-18H2,1-8H3/t20-,21+,22+,24?,26-,27-,28+,29+,30-,31+/m1/s1. The van der Waals surface area contributed by atoms with Gasteiger partial charge in [-0.2, -0.15) is 0 Å². The fraction of sp³-hybridized carbons (Fsp3) is 0.903. The minimum Gasteiger partial charge on any atom is -0.390 e. The highest BCUT2D eigenvalue weighted by atomic mass is 16.7. The van der Waals surface area contributed by atoms with Crippen molar-refractivity contribution in [3.63, 3.8) is 0 Å². The molecule has 0 aromatic heterocycles. The van der Waals surface area contributed by atoms with E-state index in [1.165, 1.54) is 0 Å². The molecule has 6 aliphatic rings. The van der Waals surface area contributed by atoms with E-state index in [-0.39, 0.29) is 39.1 Å². The maximum Gasteiger partial charge on any atom is 0.175 e. The Hall–Kier alpha value is -0.710. The molecule has 0 aromatic carbocycles. The van der Waals surface area contributed by atoms with E-state index in [4.69, 9.17) is 9.47 Å². The Balaban J connectivity index is 1.46. The first-order valence-corrected chi connectivity index (χ1v) is 14.4. The van der Waals surface area contributed by atoms with E-state index in [9.17, 15) is 9.90 Å². The predicted octanol–water partition coefficient (Wildman–Crippen LogP) is 6.31. The lowest BCUT2D eigenvalue weighted by Crippen LogP contribution is -2.70. The van der Waals surface area contributed by atoms with Crippen molar-refractivity contribution in [3.8, 4) is 0 Å². The van der Waals surface area contributed by atoms with E-state index in [0.29, 0.717) is 36.6 Å². The Morgan fingerprint density at radius 3 is 2.37 bits per heavy atom. The van der Waals surface area contributed by atoms with Crippen LogP contribution in [0.3, 0.4) is 0 Å². The molecule has 0 radical (unpaired) electrons. The Morgan fingerprint density at radius 2 is 1.69 bits per heavy atom. The normalized spacial score (nSPS) is 58.1. The van der Waals surface area contributed by atoms with Gasteiger partial charge in [-0.1, -0.05) is 54.5 Å². The summed E-state index contributed by atoms with van der Waals surface area (Å²) in [7, 11) is 0. The maximum absolute atomic E-state index is 13.7. The molecular formula is C31H48O4. The molecule has 10 atom stereocenters. The fourth-order valence-electron chi connectivity index (χ4n) is 11.9. The second-order valence-electron chi connectivity index (χ2n) is 15.5. The van der Waals surface area contributed by atoms with Gasteiger partial charge in [0, 0.05) is 29.6 Å². The van der Waals surface area contributed by atoms with E-state index in [1.54, 1.807) is 0 Å². The molecule has 35 heavy (non-hydrogen) atoms. The summed E-state index contributed by atoms with van der Waals surface area (Å²) in [5, 5.41) is 12.1. The number of aliphatic hydroxyl groups is 1. The van der Waals surface area contributed by atoms with Gasteiger partial charge in [-0.25, -0.2) is 0 Å². The number of ether oxygens (including phenoxy) is 2. The molecule has 2 aliphatic heterocycles. The molecule has 4 nitrogen and oxygen atoms in total. The van der Waals surface area contributed by atoms with Gasteiger partial charge in [-0.05, 0) is 79.1 Å². The number of ketones is 1. The molecule has 6 rings (SSSR count). The fourth-order valence-corrected chi connectivity index (χ4v) is 11.9. The van der Waals surface area contributed by atoms with Crippen molar-refractivity contribution in [3.05, 3.63) is 12.2 Å². The number of hydrogen-bond acceptors (Lipinski definition) is 4. The summed E-state index contributed by atoms with van der Waals surface area (Å²) in [5.74, 6) is 0.837. The van der Waals surface area contributed by atoms with E-state index < -0.39 is 11.4 Å². The summed E-state index contributed by atoms with van der Waals surface area (Å²) in [6, 6.07) is 0. The first-order chi connectivity index (χ1) is 16.1. The van der Waals surface area contributed by atoms with Crippen molar-refractivity contribution in [1.29, 1.82) is 0 Å². The monoisotopic (exact) mass is 484 g/mol. The molecule has 4 aliphatic carbocycles. The minimum absolute atomic E-state index is 0.0179. The molecule has 1 N–H and O–H groups in total. The van der Waals surface area contributed by atoms with Crippen LogP contribution in [0.1, 0.15) is 100 Å². The van der Waals surface area contributed by atoms with Crippen molar-refractivity contribution >= 4 is 5.78 Å². The quantitative estimate of drug-likeness (QED) is 0.499. The molecule has 5 fully saturated rings. The smallest absolute Gasteiger partial charge is 0.175 e. The van der Waals surface area contributed by atoms with Gasteiger partial charge in [0.05, 0.1) is 18.3 Å². The average Bonchev–Trinajstić information content (AvgIpc) is 3.20. The number of allylic oxidation sites excluding steroid dienone is 2. The molecule has 2 heterocycles. The van der Waals surface area contributed by atoms with Gasteiger partial charge >= 0.3 is 0 Å². The summed E-state index contributed by atoms with van der Waals surface area (Å²) in [6.07, 6.45) is 10.9. The third kappa shape index (κ3) is 2.68. The van der Waals surface area contributed by atoms with Crippen LogP contribution in [0.5, 0.6) is 0 Å². The minimum atomic E-state index is -0.815. The molecule has 196 valence electrons. The SMILES string of the molecule is CC(C)C[C@@H]1C[C@](C)(O)C2[C@]3(C[C@]4(CO3)[C@]2(C)CC[C@@H]2[C@@]3(C)C(=O)C=CC(C)(C)[C@@H]3CC[C@]24C)O1. The van der Waals surface area contributed by atoms with E-state index in [0.717, 1.165) is 38.5 Å². The number of hydrogen-bond donors (Lipinski definition) is 1. The van der Waals surface area contributed by atoms with Crippen molar-refractivity contribution in [1.82, 2.24) is 0 Å². The highest BCUT2D eigenvalue weighted by molar-refractivity contribution is 5.96. The van der Waals surface area contributed by atoms with Crippen molar-refractivity contribution in [2.45, 2.75) is 118 Å². The second-order valence-corrected chi connectivity index (χ2v) is 15.5. The highest BCUT2D eigenvalue weighted by Crippen LogP contribution is 2.83. The van der Waals surface area contributed by atoms with Gasteiger partial charge in [0.1, 0.15) is 0 Å². The molecule has 2 bridgehead atoms. The van der Waals surface area contributed by atoms with Gasteiger partial charge in [-0.3, -0.25) is 4.79 Å². The summed E-state index contributed by atoms with van der Waals surface area (Å²) in [4.78, 5) is 13.7. The van der Waals surface area contributed by atoms with Gasteiger partial charge in [-0.15, -0.1) is 0 Å². The van der Waals surface area contributed by atoms with Crippen LogP contribution in [0.4, 0.5) is 0 Å². The van der Waals surface area contributed by atoms with Gasteiger partial charge < -0.3 is 14.6 Å². The van der Waals surface area contributed by atoms with Gasteiger partial charge in [0.2, 0.25) is 0 Å². The topological polar surface area (TPSA) is 55.8 Å². The summed E-state index contributed by atoms with van der Waals surface area (Å²) in [5.41, 5.74) is -1.27. The molecule has 2 spiro atoms. The largest absolute Gasteiger partial charge is 0.390 e. The second kappa shape index (κ2) is 6.83. The van der Waals surface area contributed by atoms with E-state index in [1.807, 2.05) is 6.08 Å². The molecule has 1 unspecified atom stereocenters. The molecule has 2 saturated heterocycles. The third-order valence-electron chi connectivity index (χ3n) is 13.0. The van der Waals surface area contributed by atoms with Crippen molar-refractivity contribution in [2.24, 2.45) is 50.7 Å². The third-order valence-corrected chi connectivity index (χ3v) is 13.0. The molecule has 0 amide bonds. The zero-order chi connectivity index (χ0) is 25.4. The van der Waals surface area contributed by atoms with Crippen molar-refractivity contribution in [2.75, 3.05) is 6.61 Å².